The summed E-state index contributed by atoms with van der Waals surface area (Å²) in [5.74, 6) is 0. The molecule has 1 rings (SSSR count). The molecule has 2 N–H and O–H groups in total. The van der Waals surface area contributed by atoms with Gasteiger partial charge >= 0.3 is 7.12 Å². The molecule has 0 bridgehead atoms. The summed E-state index contributed by atoms with van der Waals surface area (Å²) in [6.07, 6.45) is 0. The fourth-order valence-electron chi connectivity index (χ4n) is 1.38. The van der Waals surface area contributed by atoms with Crippen LogP contribution in [0.4, 0.5) is 5.69 Å². The SMILES string of the molecule is CCOCCN(C)c1ccc(B(O)O)cc1. The van der Waals surface area contributed by atoms with Crippen molar-refractivity contribution in [2.24, 2.45) is 0 Å². The fraction of sp³-hybridized carbons (Fsp3) is 0.455. The zero-order valence-electron chi connectivity index (χ0n) is 9.76. The Balaban J connectivity index is 2.52. The number of hydrogen-bond acceptors (Lipinski definition) is 4. The van der Waals surface area contributed by atoms with Gasteiger partial charge in [0.15, 0.2) is 0 Å². The van der Waals surface area contributed by atoms with E-state index in [9.17, 15) is 0 Å². The number of hydrogen-bond donors (Lipinski definition) is 2. The first-order valence-corrected chi connectivity index (χ1v) is 5.40. The van der Waals surface area contributed by atoms with Gasteiger partial charge in [-0.05, 0) is 24.5 Å². The smallest absolute Gasteiger partial charge is 0.423 e. The van der Waals surface area contributed by atoms with Crippen molar-refractivity contribution >= 4 is 18.3 Å². The second-order valence-electron chi connectivity index (χ2n) is 3.58. The molecule has 0 fully saturated rings. The van der Waals surface area contributed by atoms with Crippen molar-refractivity contribution in [1.29, 1.82) is 0 Å². The van der Waals surface area contributed by atoms with Crippen LogP contribution in [0.25, 0.3) is 0 Å². The lowest BCUT2D eigenvalue weighted by Crippen LogP contribution is -2.30. The molecule has 0 aliphatic rings. The molecule has 16 heavy (non-hydrogen) atoms. The maximum absolute atomic E-state index is 8.95. The van der Waals surface area contributed by atoms with Gasteiger partial charge in [0.1, 0.15) is 0 Å². The molecule has 0 radical (unpaired) electrons. The van der Waals surface area contributed by atoms with Crippen molar-refractivity contribution in [3.8, 4) is 0 Å². The lowest BCUT2D eigenvalue weighted by atomic mass is 9.80. The average Bonchev–Trinajstić information content (AvgIpc) is 2.29. The molecule has 0 spiro atoms. The van der Waals surface area contributed by atoms with E-state index >= 15 is 0 Å². The first-order chi connectivity index (χ1) is 7.65. The summed E-state index contributed by atoms with van der Waals surface area (Å²) in [4.78, 5) is 2.06. The van der Waals surface area contributed by atoms with Gasteiger partial charge in [-0.2, -0.15) is 0 Å². The van der Waals surface area contributed by atoms with Crippen molar-refractivity contribution in [3.63, 3.8) is 0 Å². The van der Waals surface area contributed by atoms with Crippen LogP contribution in [0.1, 0.15) is 6.92 Å². The van der Waals surface area contributed by atoms with Gasteiger partial charge in [0.05, 0.1) is 6.61 Å². The summed E-state index contributed by atoms with van der Waals surface area (Å²) in [5, 5.41) is 17.9. The maximum Gasteiger partial charge on any atom is 0.488 e. The van der Waals surface area contributed by atoms with E-state index in [1.807, 2.05) is 26.1 Å². The van der Waals surface area contributed by atoms with Crippen LogP contribution in [-0.4, -0.2) is 44.0 Å². The molecule has 0 saturated carbocycles. The molecule has 0 saturated heterocycles. The summed E-state index contributed by atoms with van der Waals surface area (Å²) in [5.41, 5.74) is 1.53. The van der Waals surface area contributed by atoms with Crippen LogP contribution in [0, 0.1) is 0 Å². The van der Waals surface area contributed by atoms with Crippen molar-refractivity contribution < 1.29 is 14.8 Å². The largest absolute Gasteiger partial charge is 0.488 e. The zero-order chi connectivity index (χ0) is 12.0. The fourth-order valence-corrected chi connectivity index (χ4v) is 1.38. The van der Waals surface area contributed by atoms with Gasteiger partial charge in [0.25, 0.3) is 0 Å². The predicted octanol–water partition coefficient (Wildman–Crippen LogP) is -0.161. The van der Waals surface area contributed by atoms with E-state index in [2.05, 4.69) is 4.90 Å². The summed E-state index contributed by atoms with van der Waals surface area (Å²) in [7, 11) is 0.575. The molecule has 0 aliphatic carbocycles. The Labute approximate surface area is 96.6 Å². The van der Waals surface area contributed by atoms with E-state index in [0.29, 0.717) is 12.1 Å². The highest BCUT2D eigenvalue weighted by molar-refractivity contribution is 6.58. The van der Waals surface area contributed by atoms with E-state index in [1.54, 1.807) is 12.1 Å². The molecule has 0 amide bonds. The lowest BCUT2D eigenvalue weighted by molar-refractivity contribution is 0.154. The van der Waals surface area contributed by atoms with Crippen LogP contribution in [0.3, 0.4) is 0 Å². The molecule has 0 heterocycles. The standard InChI is InChI=1S/C11H18BNO3/c1-3-16-9-8-13(2)11-6-4-10(5-7-11)12(14)15/h4-7,14-15H,3,8-9H2,1-2H3. The Kier molecular flexibility index (Phi) is 5.32. The molecule has 4 nitrogen and oxygen atoms in total. The average molecular weight is 223 g/mol. The van der Waals surface area contributed by atoms with E-state index < -0.39 is 7.12 Å². The Bertz CT molecular complexity index is 303. The topological polar surface area (TPSA) is 52.9 Å². The highest BCUT2D eigenvalue weighted by atomic mass is 16.5. The molecule has 0 aromatic heterocycles. The quantitative estimate of drug-likeness (QED) is 0.519. The number of nitrogens with zero attached hydrogens (tertiary/aromatic N) is 1. The number of ether oxygens (including phenoxy) is 1. The second kappa shape index (κ2) is 6.53. The zero-order valence-corrected chi connectivity index (χ0v) is 9.76. The van der Waals surface area contributed by atoms with Crippen LogP contribution in [0.2, 0.25) is 0 Å². The van der Waals surface area contributed by atoms with Gasteiger partial charge in [-0.15, -0.1) is 0 Å². The van der Waals surface area contributed by atoms with Crippen molar-refractivity contribution in [2.75, 3.05) is 31.7 Å². The number of likely N-dealkylation sites (N-methyl/N-ethyl adjacent to an activating group) is 1. The number of benzene rings is 1. The monoisotopic (exact) mass is 223 g/mol. The van der Waals surface area contributed by atoms with Gasteiger partial charge in [-0.25, -0.2) is 0 Å². The molecule has 0 atom stereocenters. The second-order valence-corrected chi connectivity index (χ2v) is 3.58. The molecule has 0 unspecified atom stereocenters. The summed E-state index contributed by atoms with van der Waals surface area (Å²) < 4.78 is 5.27. The van der Waals surface area contributed by atoms with Crippen LogP contribution in [0.15, 0.2) is 24.3 Å². The third-order valence-electron chi connectivity index (χ3n) is 2.41. The third-order valence-corrected chi connectivity index (χ3v) is 2.41. The van der Waals surface area contributed by atoms with Crippen molar-refractivity contribution in [3.05, 3.63) is 24.3 Å². The Hall–Kier alpha value is -1.04. The number of rotatable bonds is 6. The minimum atomic E-state index is -1.40. The van der Waals surface area contributed by atoms with Crippen molar-refractivity contribution in [1.82, 2.24) is 0 Å². The highest BCUT2D eigenvalue weighted by Crippen LogP contribution is 2.09. The molecular weight excluding hydrogens is 205 g/mol. The predicted molar refractivity (Wildman–Crippen MR) is 66.0 cm³/mol. The minimum Gasteiger partial charge on any atom is -0.423 e. The highest BCUT2D eigenvalue weighted by Gasteiger charge is 2.10. The first kappa shape index (κ1) is 13.0. The van der Waals surface area contributed by atoms with Gasteiger partial charge in [0.2, 0.25) is 0 Å². The van der Waals surface area contributed by atoms with E-state index in [0.717, 1.165) is 18.8 Å². The van der Waals surface area contributed by atoms with Gasteiger partial charge in [-0.3, -0.25) is 0 Å². The molecule has 0 aliphatic heterocycles. The summed E-state index contributed by atoms with van der Waals surface area (Å²) >= 11 is 0. The Morgan fingerprint density at radius 3 is 2.38 bits per heavy atom. The Morgan fingerprint density at radius 1 is 1.25 bits per heavy atom. The first-order valence-electron chi connectivity index (χ1n) is 5.40. The van der Waals surface area contributed by atoms with E-state index in [-0.39, 0.29) is 0 Å². The molecule has 5 heteroatoms. The lowest BCUT2D eigenvalue weighted by Gasteiger charge is -2.19. The molecule has 88 valence electrons. The van der Waals surface area contributed by atoms with Crippen LogP contribution < -0.4 is 10.4 Å². The third kappa shape index (κ3) is 3.85. The van der Waals surface area contributed by atoms with E-state index in [1.165, 1.54) is 0 Å². The molecule has 1 aromatic rings. The van der Waals surface area contributed by atoms with Crippen LogP contribution in [0.5, 0.6) is 0 Å². The summed E-state index contributed by atoms with van der Waals surface area (Å²) in [6, 6.07) is 7.13. The normalized spacial score (nSPS) is 10.2. The Morgan fingerprint density at radius 2 is 1.88 bits per heavy atom. The maximum atomic E-state index is 8.95. The van der Waals surface area contributed by atoms with Crippen LogP contribution in [-0.2, 0) is 4.74 Å². The van der Waals surface area contributed by atoms with E-state index in [4.69, 9.17) is 14.8 Å². The van der Waals surface area contributed by atoms with Crippen LogP contribution >= 0.6 is 0 Å². The minimum absolute atomic E-state index is 0.502. The van der Waals surface area contributed by atoms with Gasteiger partial charge in [0, 0.05) is 25.9 Å². The summed E-state index contributed by atoms with van der Waals surface area (Å²) in [6.45, 7) is 4.20. The molecule has 1 aromatic carbocycles. The molecular formula is C11H18BNO3. The van der Waals surface area contributed by atoms with Gasteiger partial charge < -0.3 is 19.7 Å². The van der Waals surface area contributed by atoms with Crippen molar-refractivity contribution in [2.45, 2.75) is 6.92 Å². The van der Waals surface area contributed by atoms with Gasteiger partial charge in [-0.1, -0.05) is 12.1 Å². The number of anilines is 1.